The summed E-state index contributed by atoms with van der Waals surface area (Å²) in [5, 5.41) is 0.755. The maximum atomic E-state index is 6.12. The molecule has 0 aromatic heterocycles. The van der Waals surface area contributed by atoms with Gasteiger partial charge in [-0.05, 0) is 23.3 Å². The second kappa shape index (κ2) is 6.10. The fourth-order valence-electron chi connectivity index (χ4n) is 1.61. The number of thioether (sulfide) groups is 1. The predicted molar refractivity (Wildman–Crippen MR) is 75.3 cm³/mol. The molecule has 0 aliphatic rings. The highest BCUT2D eigenvalue weighted by atomic mass is 35.5. The van der Waals surface area contributed by atoms with E-state index in [1.165, 1.54) is 10.5 Å². The zero-order chi connectivity index (χ0) is 12.1. The number of hydrogen-bond acceptors (Lipinski definition) is 2. The highest BCUT2D eigenvalue weighted by Crippen LogP contribution is 2.30. The van der Waals surface area contributed by atoms with Crippen molar-refractivity contribution in [3.8, 4) is 0 Å². The van der Waals surface area contributed by atoms with Gasteiger partial charge in [-0.1, -0.05) is 48.0 Å². The molecule has 2 aromatic rings. The molecule has 0 fully saturated rings. The lowest BCUT2D eigenvalue weighted by atomic mass is 10.2. The van der Waals surface area contributed by atoms with Crippen molar-refractivity contribution in [2.45, 2.75) is 17.2 Å². The van der Waals surface area contributed by atoms with Gasteiger partial charge >= 0.3 is 0 Å². The topological polar surface area (TPSA) is 26.0 Å². The van der Waals surface area contributed by atoms with Crippen LogP contribution < -0.4 is 5.73 Å². The average molecular weight is 264 g/mol. The molecule has 2 rings (SSSR count). The van der Waals surface area contributed by atoms with Crippen LogP contribution in [0.1, 0.15) is 11.1 Å². The van der Waals surface area contributed by atoms with Gasteiger partial charge in [0.15, 0.2) is 0 Å². The third-order valence-corrected chi connectivity index (χ3v) is 4.04. The Morgan fingerprint density at radius 2 is 1.76 bits per heavy atom. The number of halogens is 1. The van der Waals surface area contributed by atoms with Crippen LogP contribution in [0.25, 0.3) is 0 Å². The number of rotatable bonds is 4. The van der Waals surface area contributed by atoms with Crippen LogP contribution >= 0.6 is 23.4 Å². The van der Waals surface area contributed by atoms with E-state index in [0.29, 0.717) is 6.54 Å². The van der Waals surface area contributed by atoms with E-state index in [1.807, 2.05) is 18.2 Å². The smallest absolute Gasteiger partial charge is 0.0462 e. The fraction of sp³-hybridized carbons (Fsp3) is 0.143. The fourth-order valence-corrected chi connectivity index (χ4v) is 2.97. The second-order valence-electron chi connectivity index (χ2n) is 3.69. The van der Waals surface area contributed by atoms with E-state index in [4.69, 9.17) is 17.3 Å². The Morgan fingerprint density at radius 1 is 1.00 bits per heavy atom. The zero-order valence-corrected chi connectivity index (χ0v) is 11.0. The second-order valence-corrected chi connectivity index (χ2v) is 5.12. The van der Waals surface area contributed by atoms with Crippen LogP contribution in [0.5, 0.6) is 0 Å². The van der Waals surface area contributed by atoms with E-state index in [9.17, 15) is 0 Å². The lowest BCUT2D eigenvalue weighted by Gasteiger charge is -2.09. The van der Waals surface area contributed by atoms with E-state index >= 15 is 0 Å². The summed E-state index contributed by atoms with van der Waals surface area (Å²) in [6.07, 6.45) is 0. The lowest BCUT2D eigenvalue weighted by Crippen LogP contribution is -1.99. The van der Waals surface area contributed by atoms with Crippen LogP contribution in [0.15, 0.2) is 53.4 Å². The minimum absolute atomic E-state index is 0.483. The Balaban J connectivity index is 2.12. The molecule has 88 valence electrons. The summed E-state index contributed by atoms with van der Waals surface area (Å²) >= 11 is 7.89. The molecule has 0 unspecified atom stereocenters. The van der Waals surface area contributed by atoms with Crippen molar-refractivity contribution < 1.29 is 0 Å². The lowest BCUT2D eigenvalue weighted by molar-refractivity contribution is 1.03. The molecule has 17 heavy (non-hydrogen) atoms. The summed E-state index contributed by atoms with van der Waals surface area (Å²) in [6.45, 7) is 0.483. The highest BCUT2D eigenvalue weighted by molar-refractivity contribution is 7.98. The Labute approximate surface area is 111 Å². The highest BCUT2D eigenvalue weighted by Gasteiger charge is 2.05. The average Bonchev–Trinajstić information content (AvgIpc) is 2.37. The van der Waals surface area contributed by atoms with Gasteiger partial charge in [0.05, 0.1) is 0 Å². The molecule has 0 aliphatic heterocycles. The van der Waals surface area contributed by atoms with E-state index in [0.717, 1.165) is 16.3 Å². The van der Waals surface area contributed by atoms with Crippen molar-refractivity contribution in [3.05, 3.63) is 64.7 Å². The SMILES string of the molecule is NCc1c(Cl)cccc1SCc1ccccc1. The molecule has 0 spiro atoms. The molecule has 3 heteroatoms. The molecule has 0 bridgehead atoms. The third kappa shape index (κ3) is 3.25. The summed E-state index contributed by atoms with van der Waals surface area (Å²) < 4.78 is 0. The Kier molecular flexibility index (Phi) is 4.49. The van der Waals surface area contributed by atoms with E-state index in [2.05, 4.69) is 30.3 Å². The van der Waals surface area contributed by atoms with Gasteiger partial charge in [-0.3, -0.25) is 0 Å². The molecule has 0 heterocycles. The molecule has 0 aliphatic carbocycles. The van der Waals surface area contributed by atoms with Crippen molar-refractivity contribution in [3.63, 3.8) is 0 Å². The van der Waals surface area contributed by atoms with E-state index < -0.39 is 0 Å². The largest absolute Gasteiger partial charge is 0.326 e. The van der Waals surface area contributed by atoms with Crippen molar-refractivity contribution in [2.75, 3.05) is 0 Å². The summed E-state index contributed by atoms with van der Waals surface area (Å²) in [5.41, 5.74) is 8.07. The number of nitrogens with two attached hydrogens (primary N) is 1. The molecular formula is C14H14ClNS. The first-order valence-corrected chi connectivity index (χ1v) is 6.82. The number of benzene rings is 2. The van der Waals surface area contributed by atoms with Gasteiger partial charge in [-0.15, -0.1) is 11.8 Å². The molecular weight excluding hydrogens is 250 g/mol. The van der Waals surface area contributed by atoms with Crippen molar-refractivity contribution in [1.29, 1.82) is 0 Å². The molecule has 2 N–H and O–H groups in total. The first-order chi connectivity index (χ1) is 8.31. The molecule has 1 nitrogen and oxygen atoms in total. The zero-order valence-electron chi connectivity index (χ0n) is 9.40. The Bertz CT molecular complexity index is 485. The van der Waals surface area contributed by atoms with E-state index in [1.54, 1.807) is 11.8 Å². The Morgan fingerprint density at radius 3 is 2.47 bits per heavy atom. The minimum Gasteiger partial charge on any atom is -0.326 e. The monoisotopic (exact) mass is 263 g/mol. The number of hydrogen-bond donors (Lipinski definition) is 1. The van der Waals surface area contributed by atoms with Gasteiger partial charge in [-0.25, -0.2) is 0 Å². The van der Waals surface area contributed by atoms with Gasteiger partial charge in [0, 0.05) is 22.2 Å². The van der Waals surface area contributed by atoms with Gasteiger partial charge in [0.25, 0.3) is 0 Å². The molecule has 0 amide bonds. The first kappa shape index (κ1) is 12.5. The molecule has 0 saturated carbocycles. The molecule has 2 aromatic carbocycles. The minimum atomic E-state index is 0.483. The first-order valence-electron chi connectivity index (χ1n) is 5.45. The van der Waals surface area contributed by atoms with Crippen molar-refractivity contribution >= 4 is 23.4 Å². The quantitative estimate of drug-likeness (QED) is 0.841. The van der Waals surface area contributed by atoms with Crippen LogP contribution in [0.2, 0.25) is 5.02 Å². The van der Waals surface area contributed by atoms with Crippen LogP contribution in [0, 0.1) is 0 Å². The summed E-state index contributed by atoms with van der Waals surface area (Å²) in [7, 11) is 0. The third-order valence-electron chi connectivity index (χ3n) is 2.52. The van der Waals surface area contributed by atoms with Crippen LogP contribution in [-0.4, -0.2) is 0 Å². The van der Waals surface area contributed by atoms with Crippen molar-refractivity contribution in [2.24, 2.45) is 5.73 Å². The summed E-state index contributed by atoms with van der Waals surface area (Å²) in [6, 6.07) is 16.3. The molecule has 0 saturated heterocycles. The van der Waals surface area contributed by atoms with Crippen LogP contribution in [-0.2, 0) is 12.3 Å². The maximum absolute atomic E-state index is 6.12. The summed E-state index contributed by atoms with van der Waals surface area (Å²) in [4.78, 5) is 1.17. The van der Waals surface area contributed by atoms with Gasteiger partial charge in [-0.2, -0.15) is 0 Å². The Hall–Kier alpha value is -0.960. The van der Waals surface area contributed by atoms with E-state index in [-0.39, 0.29) is 0 Å². The molecule has 0 atom stereocenters. The van der Waals surface area contributed by atoms with Gasteiger partial charge in [0.2, 0.25) is 0 Å². The van der Waals surface area contributed by atoms with Gasteiger partial charge in [0.1, 0.15) is 0 Å². The molecule has 0 radical (unpaired) electrons. The van der Waals surface area contributed by atoms with Gasteiger partial charge < -0.3 is 5.73 Å². The van der Waals surface area contributed by atoms with Crippen molar-refractivity contribution in [1.82, 2.24) is 0 Å². The maximum Gasteiger partial charge on any atom is 0.0462 e. The normalized spacial score (nSPS) is 10.5. The summed E-state index contributed by atoms with van der Waals surface area (Å²) in [5.74, 6) is 0.939. The van der Waals surface area contributed by atoms with Crippen LogP contribution in [0.3, 0.4) is 0 Å². The standard InChI is InChI=1S/C14H14ClNS/c15-13-7-4-8-14(12(13)9-16)17-10-11-5-2-1-3-6-11/h1-8H,9-10,16H2. The predicted octanol–water partition coefficient (Wildman–Crippen LogP) is 4.09. The van der Waals surface area contributed by atoms with Crippen LogP contribution in [0.4, 0.5) is 0 Å².